The highest BCUT2D eigenvalue weighted by Crippen LogP contribution is 2.24. The maximum atomic E-state index is 12.7. The van der Waals surface area contributed by atoms with E-state index in [0.717, 1.165) is 41.1 Å². The molecule has 2 heterocycles. The number of carbonyl (C=O) groups excluding carboxylic acids is 2. The van der Waals surface area contributed by atoms with Crippen molar-refractivity contribution in [3.05, 3.63) is 54.2 Å². The van der Waals surface area contributed by atoms with Crippen LogP contribution in [0.2, 0.25) is 0 Å². The summed E-state index contributed by atoms with van der Waals surface area (Å²) in [5.41, 5.74) is 3.20. The van der Waals surface area contributed by atoms with Crippen LogP contribution < -0.4 is 20.3 Å². The molecule has 1 saturated heterocycles. The molecule has 0 spiro atoms. The van der Waals surface area contributed by atoms with Crippen molar-refractivity contribution >= 4 is 34.1 Å². The van der Waals surface area contributed by atoms with Crippen LogP contribution in [0.5, 0.6) is 5.75 Å². The number of hydrogen-bond donors (Lipinski definition) is 3. The van der Waals surface area contributed by atoms with Crippen LogP contribution in [0.1, 0.15) is 43.6 Å². The third-order valence-electron chi connectivity index (χ3n) is 5.62. The van der Waals surface area contributed by atoms with Crippen molar-refractivity contribution in [2.24, 2.45) is 0 Å². The molecule has 1 aliphatic rings. The predicted octanol–water partition coefficient (Wildman–Crippen LogP) is 4.31. The van der Waals surface area contributed by atoms with Crippen molar-refractivity contribution in [1.82, 2.24) is 10.3 Å². The van der Waals surface area contributed by atoms with E-state index >= 15 is 0 Å². The van der Waals surface area contributed by atoms with E-state index in [-0.39, 0.29) is 24.3 Å². The van der Waals surface area contributed by atoms with Gasteiger partial charge < -0.3 is 25.3 Å². The first-order valence-electron chi connectivity index (χ1n) is 11.2. The number of hydrogen-bond acceptors (Lipinski definition) is 4. The van der Waals surface area contributed by atoms with Crippen molar-refractivity contribution < 1.29 is 14.3 Å². The Morgan fingerprint density at radius 1 is 1.12 bits per heavy atom. The molecule has 1 atom stereocenters. The van der Waals surface area contributed by atoms with Crippen molar-refractivity contribution in [1.29, 1.82) is 0 Å². The lowest BCUT2D eigenvalue weighted by Crippen LogP contribution is -2.35. The fraction of sp³-hybridized carbons (Fsp3) is 0.360. The minimum Gasteiger partial charge on any atom is -0.494 e. The molecule has 0 saturated carbocycles. The van der Waals surface area contributed by atoms with Crippen molar-refractivity contribution in [3.8, 4) is 5.75 Å². The third kappa shape index (κ3) is 5.22. The van der Waals surface area contributed by atoms with Crippen LogP contribution in [-0.4, -0.2) is 42.5 Å². The number of anilines is 2. The quantitative estimate of drug-likeness (QED) is 0.493. The summed E-state index contributed by atoms with van der Waals surface area (Å²) in [6, 6.07) is 15.1. The SMILES string of the molecule is CCOc1ccc2cc(C(=O)NC(C)CC(=O)Nc3cccc(N4CCCC4)c3)[nH]c2c1. The largest absolute Gasteiger partial charge is 0.494 e. The predicted molar refractivity (Wildman–Crippen MR) is 128 cm³/mol. The standard InChI is InChI=1S/C25H30N4O3/c1-3-32-21-10-9-18-14-23(28-22(18)16-21)25(31)26-17(2)13-24(30)27-19-7-6-8-20(15-19)29-11-4-5-12-29/h6-10,14-17,28H,3-5,11-13H2,1-2H3,(H,26,31)(H,27,30). The van der Waals surface area contributed by atoms with Gasteiger partial charge in [0, 0.05) is 53.9 Å². The zero-order chi connectivity index (χ0) is 22.5. The maximum Gasteiger partial charge on any atom is 0.267 e. The first-order valence-corrected chi connectivity index (χ1v) is 11.2. The van der Waals surface area contributed by atoms with Crippen LogP contribution in [0, 0.1) is 0 Å². The van der Waals surface area contributed by atoms with Crippen LogP contribution in [0.15, 0.2) is 48.5 Å². The molecular formula is C25H30N4O3. The molecule has 2 aromatic carbocycles. The number of H-pyrrole nitrogens is 1. The van der Waals surface area contributed by atoms with Gasteiger partial charge in [0.2, 0.25) is 5.91 Å². The molecule has 2 amide bonds. The Labute approximate surface area is 188 Å². The van der Waals surface area contributed by atoms with E-state index in [1.54, 1.807) is 6.07 Å². The maximum absolute atomic E-state index is 12.7. The molecular weight excluding hydrogens is 404 g/mol. The molecule has 7 nitrogen and oxygen atoms in total. The molecule has 0 bridgehead atoms. The lowest BCUT2D eigenvalue weighted by atomic mass is 10.2. The van der Waals surface area contributed by atoms with E-state index in [0.29, 0.717) is 12.3 Å². The Morgan fingerprint density at radius 3 is 2.72 bits per heavy atom. The zero-order valence-corrected chi connectivity index (χ0v) is 18.6. The molecule has 4 rings (SSSR count). The molecule has 168 valence electrons. The summed E-state index contributed by atoms with van der Waals surface area (Å²) in [6.45, 7) is 6.46. The summed E-state index contributed by atoms with van der Waals surface area (Å²) in [7, 11) is 0. The van der Waals surface area contributed by atoms with Gasteiger partial charge in [-0.05, 0) is 63.1 Å². The number of amides is 2. The first-order chi connectivity index (χ1) is 15.5. The molecule has 7 heteroatoms. The molecule has 1 aliphatic heterocycles. The van der Waals surface area contributed by atoms with Gasteiger partial charge in [-0.3, -0.25) is 9.59 Å². The summed E-state index contributed by atoms with van der Waals surface area (Å²) in [4.78, 5) is 30.6. The number of rotatable bonds is 8. The smallest absolute Gasteiger partial charge is 0.267 e. The second-order valence-corrected chi connectivity index (χ2v) is 8.24. The monoisotopic (exact) mass is 434 g/mol. The molecule has 3 N–H and O–H groups in total. The Hall–Kier alpha value is -3.48. The fourth-order valence-corrected chi connectivity index (χ4v) is 4.08. The Kier molecular flexibility index (Phi) is 6.63. The number of nitrogens with one attached hydrogen (secondary N) is 3. The molecule has 32 heavy (non-hydrogen) atoms. The average molecular weight is 435 g/mol. The molecule has 1 unspecified atom stereocenters. The lowest BCUT2D eigenvalue weighted by molar-refractivity contribution is -0.116. The number of fused-ring (bicyclic) bond motifs is 1. The topological polar surface area (TPSA) is 86.5 Å². The highest BCUT2D eigenvalue weighted by Gasteiger charge is 2.17. The summed E-state index contributed by atoms with van der Waals surface area (Å²) in [5.74, 6) is 0.387. The average Bonchev–Trinajstić information content (AvgIpc) is 3.44. The second-order valence-electron chi connectivity index (χ2n) is 8.24. The van der Waals surface area contributed by atoms with Crippen molar-refractivity contribution in [2.45, 2.75) is 39.2 Å². The molecule has 1 aromatic heterocycles. The van der Waals surface area contributed by atoms with E-state index in [2.05, 4.69) is 26.6 Å². The van der Waals surface area contributed by atoms with Gasteiger partial charge in [-0.25, -0.2) is 0 Å². The number of carbonyl (C=O) groups is 2. The van der Waals surface area contributed by atoms with E-state index in [9.17, 15) is 9.59 Å². The number of aromatic amines is 1. The van der Waals surface area contributed by atoms with Gasteiger partial charge in [0.1, 0.15) is 11.4 Å². The minimum absolute atomic E-state index is 0.130. The summed E-state index contributed by atoms with van der Waals surface area (Å²) in [5, 5.41) is 6.78. The zero-order valence-electron chi connectivity index (χ0n) is 18.6. The van der Waals surface area contributed by atoms with Crippen molar-refractivity contribution in [2.75, 3.05) is 29.9 Å². The number of aromatic nitrogens is 1. The summed E-state index contributed by atoms with van der Waals surface area (Å²) < 4.78 is 5.51. The third-order valence-corrected chi connectivity index (χ3v) is 5.62. The van der Waals surface area contributed by atoms with Gasteiger partial charge in [-0.1, -0.05) is 6.07 Å². The second kappa shape index (κ2) is 9.77. The van der Waals surface area contributed by atoms with E-state index in [4.69, 9.17) is 4.74 Å². The molecule has 3 aromatic rings. The Morgan fingerprint density at radius 2 is 1.94 bits per heavy atom. The van der Waals surface area contributed by atoms with E-state index < -0.39 is 0 Å². The van der Waals surface area contributed by atoms with Crippen LogP contribution in [0.25, 0.3) is 10.9 Å². The Bertz CT molecular complexity index is 1100. The number of benzene rings is 2. The van der Waals surface area contributed by atoms with Gasteiger partial charge >= 0.3 is 0 Å². The van der Waals surface area contributed by atoms with Crippen LogP contribution >= 0.6 is 0 Å². The molecule has 0 aliphatic carbocycles. The molecule has 1 fully saturated rings. The normalized spacial score (nSPS) is 14.4. The number of ether oxygens (including phenoxy) is 1. The summed E-state index contributed by atoms with van der Waals surface area (Å²) >= 11 is 0. The van der Waals surface area contributed by atoms with E-state index in [1.807, 2.05) is 50.2 Å². The minimum atomic E-state index is -0.310. The van der Waals surface area contributed by atoms with Gasteiger partial charge in [0.05, 0.1) is 6.61 Å². The summed E-state index contributed by atoms with van der Waals surface area (Å²) in [6.07, 6.45) is 2.60. The lowest BCUT2D eigenvalue weighted by Gasteiger charge is -2.19. The fourth-order valence-electron chi connectivity index (χ4n) is 4.08. The highest BCUT2D eigenvalue weighted by molar-refractivity contribution is 5.99. The highest BCUT2D eigenvalue weighted by atomic mass is 16.5. The Balaban J connectivity index is 1.32. The molecule has 0 radical (unpaired) electrons. The van der Waals surface area contributed by atoms with Crippen LogP contribution in [-0.2, 0) is 4.79 Å². The van der Waals surface area contributed by atoms with Crippen LogP contribution in [0.4, 0.5) is 11.4 Å². The van der Waals surface area contributed by atoms with Gasteiger partial charge in [-0.15, -0.1) is 0 Å². The first kappa shape index (κ1) is 21.7. The van der Waals surface area contributed by atoms with Gasteiger partial charge in [0.25, 0.3) is 5.91 Å². The van der Waals surface area contributed by atoms with Gasteiger partial charge in [-0.2, -0.15) is 0 Å². The number of nitrogens with zero attached hydrogens (tertiary/aromatic N) is 1. The van der Waals surface area contributed by atoms with E-state index in [1.165, 1.54) is 12.8 Å². The van der Waals surface area contributed by atoms with Crippen molar-refractivity contribution in [3.63, 3.8) is 0 Å². The van der Waals surface area contributed by atoms with Crippen LogP contribution in [0.3, 0.4) is 0 Å². The van der Waals surface area contributed by atoms with Gasteiger partial charge in [0.15, 0.2) is 0 Å².